The van der Waals surface area contributed by atoms with Crippen LogP contribution in [0, 0.1) is 17.3 Å². The number of nitrogens with one attached hydrogen (secondary N) is 2. The first kappa shape index (κ1) is 24.6. The van der Waals surface area contributed by atoms with Crippen molar-refractivity contribution < 1.29 is 4.39 Å². The molecule has 0 radical (unpaired) electrons. The molecule has 2 aromatic heterocycles. The first-order valence-electron chi connectivity index (χ1n) is 11.0. The maximum absolute atomic E-state index is 15.1. The van der Waals surface area contributed by atoms with Crippen LogP contribution in [0.2, 0.25) is 0 Å². The van der Waals surface area contributed by atoms with Crippen LogP contribution >= 0.6 is 0 Å². The van der Waals surface area contributed by atoms with Crippen LogP contribution in [0.5, 0.6) is 0 Å². The van der Waals surface area contributed by atoms with Gasteiger partial charge in [0.1, 0.15) is 11.5 Å². The van der Waals surface area contributed by atoms with E-state index in [9.17, 15) is 4.79 Å². The summed E-state index contributed by atoms with van der Waals surface area (Å²) in [6.07, 6.45) is 4.97. The number of hydrogen-bond donors (Lipinski definition) is 2. The maximum Gasteiger partial charge on any atom is 0.274 e. The Hall–Kier alpha value is -4.09. The van der Waals surface area contributed by atoms with Gasteiger partial charge in [0.25, 0.3) is 5.56 Å². The first-order chi connectivity index (χ1) is 16.5. The molecule has 3 rings (SSSR count). The van der Waals surface area contributed by atoms with E-state index >= 15 is 4.39 Å². The third-order valence-electron chi connectivity index (χ3n) is 5.12. The standard InChI is InChI=1S/C26H27FN6O/c1-4-19(16-28)11-10-18(3)17-33-26(34)21-9-7-6-8-20(21)24(32-33)22-12-13-23(31-25(22)27)30-15-14-29-5-2/h4,6-13,29H,3,5,14-15,17H2,1-2H3,(H,30,31)/b11-10-,19-4+. The molecule has 0 fully saturated rings. The van der Waals surface area contributed by atoms with Gasteiger partial charge in [-0.1, -0.05) is 43.9 Å². The van der Waals surface area contributed by atoms with Crippen LogP contribution in [0.4, 0.5) is 10.2 Å². The average molecular weight is 459 g/mol. The number of rotatable bonds is 10. The van der Waals surface area contributed by atoms with Gasteiger partial charge in [-0.2, -0.15) is 14.8 Å². The van der Waals surface area contributed by atoms with E-state index in [0.29, 0.717) is 40.0 Å². The maximum atomic E-state index is 15.1. The summed E-state index contributed by atoms with van der Waals surface area (Å²) >= 11 is 0. The van der Waals surface area contributed by atoms with E-state index in [-0.39, 0.29) is 17.7 Å². The Morgan fingerprint density at radius 2 is 1.97 bits per heavy atom. The molecule has 0 aliphatic carbocycles. The van der Waals surface area contributed by atoms with Crippen LogP contribution in [0.25, 0.3) is 22.0 Å². The number of fused-ring (bicyclic) bond motifs is 1. The van der Waals surface area contributed by atoms with E-state index in [1.54, 1.807) is 61.5 Å². The topological polar surface area (TPSA) is 95.6 Å². The second kappa shape index (κ2) is 11.7. The number of hydrogen-bond acceptors (Lipinski definition) is 6. The van der Waals surface area contributed by atoms with E-state index < -0.39 is 5.95 Å². The van der Waals surface area contributed by atoms with Gasteiger partial charge in [-0.15, -0.1) is 0 Å². The minimum atomic E-state index is -0.679. The van der Waals surface area contributed by atoms with Gasteiger partial charge in [-0.25, -0.2) is 9.67 Å². The third-order valence-corrected chi connectivity index (χ3v) is 5.12. The summed E-state index contributed by atoms with van der Waals surface area (Å²) < 4.78 is 16.3. The van der Waals surface area contributed by atoms with Gasteiger partial charge in [0.2, 0.25) is 5.95 Å². The van der Waals surface area contributed by atoms with Crippen molar-refractivity contribution >= 4 is 16.6 Å². The number of likely N-dealkylation sites (N-methyl/N-ethyl adjacent to an activating group) is 1. The lowest BCUT2D eigenvalue weighted by Crippen LogP contribution is -2.24. The molecule has 8 heteroatoms. The molecule has 0 bridgehead atoms. The van der Waals surface area contributed by atoms with Gasteiger partial charge in [0, 0.05) is 24.0 Å². The van der Waals surface area contributed by atoms with Gasteiger partial charge in [-0.3, -0.25) is 4.79 Å². The van der Waals surface area contributed by atoms with Crippen LogP contribution in [-0.4, -0.2) is 34.4 Å². The Bertz CT molecular complexity index is 1350. The van der Waals surface area contributed by atoms with Gasteiger partial charge < -0.3 is 10.6 Å². The van der Waals surface area contributed by atoms with Gasteiger partial charge in [-0.05, 0) is 43.3 Å². The van der Waals surface area contributed by atoms with Crippen LogP contribution < -0.4 is 16.2 Å². The molecule has 0 saturated carbocycles. The number of nitrogens with zero attached hydrogens (tertiary/aromatic N) is 4. The molecule has 0 amide bonds. The van der Waals surface area contributed by atoms with Crippen molar-refractivity contribution in [3.05, 3.63) is 88.7 Å². The summed E-state index contributed by atoms with van der Waals surface area (Å²) in [7, 11) is 0. The molecule has 2 N–H and O–H groups in total. The number of nitriles is 1. The van der Waals surface area contributed by atoms with Crippen LogP contribution in [0.1, 0.15) is 13.8 Å². The van der Waals surface area contributed by atoms with Crippen molar-refractivity contribution in [3.8, 4) is 17.3 Å². The molecule has 0 atom stereocenters. The monoisotopic (exact) mass is 458 g/mol. The summed E-state index contributed by atoms with van der Waals surface area (Å²) in [6.45, 7) is 10.0. The first-order valence-corrected chi connectivity index (χ1v) is 11.0. The fraction of sp³-hybridized carbons (Fsp3) is 0.231. The molecule has 0 spiro atoms. The van der Waals surface area contributed by atoms with Gasteiger partial charge in [0.15, 0.2) is 0 Å². The minimum Gasteiger partial charge on any atom is -0.369 e. The molecule has 0 aliphatic heterocycles. The molecule has 7 nitrogen and oxygen atoms in total. The lowest BCUT2D eigenvalue weighted by atomic mass is 10.1. The van der Waals surface area contributed by atoms with Crippen molar-refractivity contribution in [2.24, 2.45) is 0 Å². The van der Waals surface area contributed by atoms with Crippen LogP contribution in [-0.2, 0) is 6.54 Å². The van der Waals surface area contributed by atoms with Crippen molar-refractivity contribution in [2.45, 2.75) is 20.4 Å². The largest absolute Gasteiger partial charge is 0.369 e. The zero-order chi connectivity index (χ0) is 24.5. The summed E-state index contributed by atoms with van der Waals surface area (Å²) in [4.78, 5) is 17.1. The normalized spacial score (nSPS) is 11.6. The molecule has 34 heavy (non-hydrogen) atoms. The SMILES string of the molecule is C=C(/C=C\C(C#N)=C/C)Cn1nc(-c2ccc(NCCNCC)nc2F)c2ccccc2c1=O. The number of anilines is 1. The number of pyridine rings is 1. The minimum absolute atomic E-state index is 0.0920. The summed E-state index contributed by atoms with van der Waals surface area (Å²) in [5.74, 6) is -0.255. The highest BCUT2D eigenvalue weighted by molar-refractivity contribution is 5.93. The van der Waals surface area contributed by atoms with Crippen molar-refractivity contribution in [1.29, 1.82) is 5.26 Å². The fourth-order valence-electron chi connectivity index (χ4n) is 3.36. The van der Waals surface area contributed by atoms with Crippen molar-refractivity contribution in [1.82, 2.24) is 20.1 Å². The molecular formula is C26H27FN6O. The lowest BCUT2D eigenvalue weighted by molar-refractivity contribution is 0.585. The highest BCUT2D eigenvalue weighted by Crippen LogP contribution is 2.27. The summed E-state index contributed by atoms with van der Waals surface area (Å²) in [5, 5.41) is 20.8. The smallest absolute Gasteiger partial charge is 0.274 e. The summed E-state index contributed by atoms with van der Waals surface area (Å²) in [5.41, 5.74) is 1.26. The zero-order valence-corrected chi connectivity index (χ0v) is 19.3. The Labute approximate surface area is 198 Å². The van der Waals surface area contributed by atoms with E-state index in [0.717, 1.165) is 13.1 Å². The Balaban J connectivity index is 1.98. The molecule has 1 aromatic carbocycles. The second-order valence-corrected chi connectivity index (χ2v) is 7.52. The van der Waals surface area contributed by atoms with Crippen molar-refractivity contribution in [3.63, 3.8) is 0 Å². The van der Waals surface area contributed by atoms with Crippen molar-refractivity contribution in [2.75, 3.05) is 25.0 Å². The van der Waals surface area contributed by atoms with Gasteiger partial charge in [0.05, 0.1) is 23.6 Å². The number of aromatic nitrogens is 3. The molecular weight excluding hydrogens is 431 g/mol. The van der Waals surface area contributed by atoms with E-state index in [2.05, 4.69) is 33.4 Å². The third kappa shape index (κ3) is 5.82. The Morgan fingerprint density at radius 1 is 1.21 bits per heavy atom. The van der Waals surface area contributed by atoms with Crippen LogP contribution in [0.15, 0.2) is 77.1 Å². The second-order valence-electron chi connectivity index (χ2n) is 7.52. The molecule has 0 saturated heterocycles. The zero-order valence-electron chi connectivity index (χ0n) is 19.3. The molecule has 2 heterocycles. The summed E-state index contributed by atoms with van der Waals surface area (Å²) in [6, 6.07) is 12.3. The fourth-order valence-corrected chi connectivity index (χ4v) is 3.36. The van der Waals surface area contributed by atoms with E-state index in [1.165, 1.54) is 4.68 Å². The highest BCUT2D eigenvalue weighted by atomic mass is 19.1. The van der Waals surface area contributed by atoms with Gasteiger partial charge >= 0.3 is 0 Å². The highest BCUT2D eigenvalue weighted by Gasteiger charge is 2.16. The predicted molar refractivity (Wildman–Crippen MR) is 134 cm³/mol. The van der Waals surface area contributed by atoms with Crippen LogP contribution in [0.3, 0.4) is 0 Å². The average Bonchev–Trinajstić information content (AvgIpc) is 2.85. The number of allylic oxidation sites excluding steroid dienone is 5. The number of benzene rings is 1. The lowest BCUT2D eigenvalue weighted by Gasteiger charge is -2.13. The quantitative estimate of drug-likeness (QED) is 0.205. The Kier molecular flexibility index (Phi) is 8.43. The predicted octanol–water partition coefficient (Wildman–Crippen LogP) is 4.20. The molecule has 3 aromatic rings. The molecule has 0 unspecified atom stereocenters. The van der Waals surface area contributed by atoms with E-state index in [4.69, 9.17) is 5.26 Å². The van der Waals surface area contributed by atoms with E-state index in [1.807, 2.05) is 6.92 Å². The molecule has 0 aliphatic rings. The number of halogens is 1. The molecule has 174 valence electrons. The Morgan fingerprint density at radius 3 is 2.65 bits per heavy atom.